The Balaban J connectivity index is 2.10. The quantitative estimate of drug-likeness (QED) is 0.743. The van der Waals surface area contributed by atoms with Gasteiger partial charge in [0.05, 0.1) is 0 Å². The third kappa shape index (κ3) is 3.17. The van der Waals surface area contributed by atoms with Crippen molar-refractivity contribution in [1.82, 2.24) is 4.90 Å². The Bertz CT molecular complexity index is 435. The van der Waals surface area contributed by atoms with Crippen molar-refractivity contribution in [2.45, 2.75) is 45.3 Å². The van der Waals surface area contributed by atoms with E-state index in [9.17, 15) is 4.79 Å². The summed E-state index contributed by atoms with van der Waals surface area (Å²) < 4.78 is 5.83. The number of para-hydroxylation sites is 1. The summed E-state index contributed by atoms with van der Waals surface area (Å²) in [6.45, 7) is 5.00. The smallest absolute Gasteiger partial charge is 0.264 e. The van der Waals surface area contributed by atoms with E-state index in [0.717, 1.165) is 36.0 Å². The lowest BCUT2D eigenvalue weighted by Crippen LogP contribution is -2.47. The largest absolute Gasteiger partial charge is 0.480 e. The van der Waals surface area contributed by atoms with Crippen LogP contribution in [0.3, 0.4) is 0 Å². The minimum atomic E-state index is -0.355. The van der Waals surface area contributed by atoms with E-state index >= 15 is 0 Å². The highest BCUT2D eigenvalue weighted by atomic mass is 79.9. The second kappa shape index (κ2) is 7.11. The molecular weight excluding hydrogens is 318 g/mol. The Hall–Kier alpha value is -1.03. The number of hydrogen-bond donors (Lipinski definition) is 0. The average molecular weight is 340 g/mol. The molecule has 110 valence electrons. The van der Waals surface area contributed by atoms with Crippen LogP contribution in [0.1, 0.15) is 32.3 Å². The Morgan fingerprint density at radius 3 is 2.70 bits per heavy atom. The molecular formula is C16H22BrNO2. The van der Waals surface area contributed by atoms with E-state index in [-0.39, 0.29) is 12.0 Å². The molecule has 20 heavy (non-hydrogen) atoms. The number of halogens is 1. The van der Waals surface area contributed by atoms with Crippen LogP contribution in [0, 0.1) is 0 Å². The molecule has 0 N–H and O–H groups in total. The first-order valence-electron chi connectivity index (χ1n) is 7.32. The monoisotopic (exact) mass is 339 g/mol. The van der Waals surface area contributed by atoms with Crippen LogP contribution >= 0.6 is 15.9 Å². The lowest BCUT2D eigenvalue weighted by Gasteiger charge is -2.31. The molecule has 1 atom stereocenters. The van der Waals surface area contributed by atoms with Crippen molar-refractivity contribution in [2.24, 2.45) is 0 Å². The predicted octanol–water partition coefficient (Wildman–Crippen LogP) is 3.40. The zero-order chi connectivity index (χ0) is 14.5. The van der Waals surface area contributed by atoms with Gasteiger partial charge in [0.25, 0.3) is 5.91 Å². The number of fused-ring (bicyclic) bond motifs is 1. The van der Waals surface area contributed by atoms with Gasteiger partial charge in [-0.15, -0.1) is 0 Å². The molecule has 1 aromatic rings. The minimum Gasteiger partial charge on any atom is -0.480 e. The first-order valence-corrected chi connectivity index (χ1v) is 8.44. The van der Waals surface area contributed by atoms with Gasteiger partial charge in [-0.05, 0) is 24.5 Å². The normalized spacial score (nSPS) is 16.9. The summed E-state index contributed by atoms with van der Waals surface area (Å²) in [6, 6.07) is 8.21. The maximum absolute atomic E-state index is 12.7. The van der Waals surface area contributed by atoms with Crippen molar-refractivity contribution in [3.8, 4) is 5.75 Å². The molecule has 4 heteroatoms. The summed E-state index contributed by atoms with van der Waals surface area (Å²) in [6.07, 6.45) is 2.30. The van der Waals surface area contributed by atoms with E-state index in [1.54, 1.807) is 0 Å². The van der Waals surface area contributed by atoms with Gasteiger partial charge in [0.15, 0.2) is 6.10 Å². The van der Waals surface area contributed by atoms with E-state index in [1.807, 2.05) is 29.2 Å². The van der Waals surface area contributed by atoms with Crippen molar-refractivity contribution in [3.05, 3.63) is 29.8 Å². The summed E-state index contributed by atoms with van der Waals surface area (Å²) in [5, 5.41) is 0.801. The van der Waals surface area contributed by atoms with Gasteiger partial charge in [0.1, 0.15) is 5.75 Å². The number of benzene rings is 1. The van der Waals surface area contributed by atoms with Crippen LogP contribution in [0.25, 0.3) is 0 Å². The van der Waals surface area contributed by atoms with Crippen molar-refractivity contribution in [1.29, 1.82) is 0 Å². The second-order valence-corrected chi connectivity index (χ2v) is 5.90. The van der Waals surface area contributed by atoms with E-state index in [2.05, 4.69) is 29.8 Å². The summed E-state index contributed by atoms with van der Waals surface area (Å²) in [7, 11) is 0. The molecule has 0 saturated carbocycles. The number of carbonyl (C=O) groups excluding carboxylic acids is 1. The molecule has 1 unspecified atom stereocenters. The van der Waals surface area contributed by atoms with Gasteiger partial charge in [-0.2, -0.15) is 0 Å². The Kier molecular flexibility index (Phi) is 5.46. The standard InChI is InChI=1S/C16H22BrNO2/c1-3-13(4-2)18(10-9-17)16(19)15-11-12-7-5-6-8-14(12)20-15/h5-8,13,15H,3-4,9-11H2,1-2H3. The SMILES string of the molecule is CCC(CC)N(CCBr)C(=O)C1Cc2ccccc2O1. The summed E-state index contributed by atoms with van der Waals surface area (Å²) >= 11 is 3.45. The van der Waals surface area contributed by atoms with Crippen LogP contribution in [0.4, 0.5) is 0 Å². The molecule has 1 aromatic carbocycles. The Morgan fingerprint density at radius 1 is 1.40 bits per heavy atom. The van der Waals surface area contributed by atoms with Gasteiger partial charge in [-0.1, -0.05) is 48.0 Å². The third-order valence-electron chi connectivity index (χ3n) is 3.91. The maximum Gasteiger partial charge on any atom is 0.264 e. The summed E-state index contributed by atoms with van der Waals surface area (Å²) in [5.41, 5.74) is 1.13. The van der Waals surface area contributed by atoms with Gasteiger partial charge >= 0.3 is 0 Å². The lowest BCUT2D eigenvalue weighted by molar-refractivity contribution is -0.140. The highest BCUT2D eigenvalue weighted by molar-refractivity contribution is 9.09. The molecule has 1 aliphatic heterocycles. The molecule has 0 fully saturated rings. The fourth-order valence-corrected chi connectivity index (χ4v) is 3.18. The zero-order valence-corrected chi connectivity index (χ0v) is 13.7. The lowest BCUT2D eigenvalue weighted by atomic mass is 10.1. The Labute approximate surface area is 129 Å². The topological polar surface area (TPSA) is 29.5 Å². The fourth-order valence-electron chi connectivity index (χ4n) is 2.80. The molecule has 3 nitrogen and oxygen atoms in total. The van der Waals surface area contributed by atoms with Gasteiger partial charge in [0, 0.05) is 24.3 Å². The molecule has 0 saturated heterocycles. The van der Waals surface area contributed by atoms with Crippen LogP contribution in [0.2, 0.25) is 0 Å². The van der Waals surface area contributed by atoms with Crippen LogP contribution in [0.5, 0.6) is 5.75 Å². The molecule has 0 radical (unpaired) electrons. The number of nitrogens with zero attached hydrogens (tertiary/aromatic N) is 1. The highest BCUT2D eigenvalue weighted by Crippen LogP contribution is 2.29. The molecule has 0 spiro atoms. The molecule has 0 aliphatic carbocycles. The number of ether oxygens (including phenoxy) is 1. The van der Waals surface area contributed by atoms with Crippen LogP contribution < -0.4 is 4.74 Å². The average Bonchev–Trinajstić information content (AvgIpc) is 2.90. The van der Waals surface area contributed by atoms with E-state index in [4.69, 9.17) is 4.74 Å². The minimum absolute atomic E-state index is 0.120. The van der Waals surface area contributed by atoms with Crippen LogP contribution in [0.15, 0.2) is 24.3 Å². The number of amides is 1. The number of rotatable bonds is 6. The maximum atomic E-state index is 12.7. The molecule has 0 aromatic heterocycles. The van der Waals surface area contributed by atoms with Gasteiger partial charge < -0.3 is 9.64 Å². The fraction of sp³-hybridized carbons (Fsp3) is 0.562. The van der Waals surface area contributed by atoms with Crippen LogP contribution in [-0.2, 0) is 11.2 Å². The van der Waals surface area contributed by atoms with Crippen molar-refractivity contribution in [2.75, 3.05) is 11.9 Å². The summed E-state index contributed by atoms with van der Waals surface area (Å²) in [5.74, 6) is 0.975. The molecule has 1 aliphatic rings. The number of carbonyl (C=O) groups is 1. The van der Waals surface area contributed by atoms with Crippen molar-refractivity contribution in [3.63, 3.8) is 0 Å². The zero-order valence-electron chi connectivity index (χ0n) is 12.1. The first kappa shape index (κ1) is 15.4. The second-order valence-electron chi connectivity index (χ2n) is 5.11. The summed E-state index contributed by atoms with van der Waals surface area (Å²) in [4.78, 5) is 14.7. The third-order valence-corrected chi connectivity index (χ3v) is 4.27. The Morgan fingerprint density at radius 2 is 2.10 bits per heavy atom. The van der Waals surface area contributed by atoms with E-state index in [1.165, 1.54) is 0 Å². The van der Waals surface area contributed by atoms with Gasteiger partial charge in [0.2, 0.25) is 0 Å². The van der Waals surface area contributed by atoms with Crippen molar-refractivity contribution >= 4 is 21.8 Å². The van der Waals surface area contributed by atoms with E-state index < -0.39 is 0 Å². The molecule has 1 heterocycles. The number of alkyl halides is 1. The molecule has 2 rings (SSSR count). The molecule has 0 bridgehead atoms. The number of hydrogen-bond acceptors (Lipinski definition) is 2. The van der Waals surface area contributed by atoms with Gasteiger partial charge in [-0.25, -0.2) is 0 Å². The van der Waals surface area contributed by atoms with Crippen molar-refractivity contribution < 1.29 is 9.53 Å². The van der Waals surface area contributed by atoms with Crippen LogP contribution in [-0.4, -0.2) is 34.8 Å². The first-order chi connectivity index (χ1) is 9.71. The van der Waals surface area contributed by atoms with E-state index in [0.29, 0.717) is 12.5 Å². The highest BCUT2D eigenvalue weighted by Gasteiger charge is 2.33. The predicted molar refractivity (Wildman–Crippen MR) is 84.4 cm³/mol. The van der Waals surface area contributed by atoms with Gasteiger partial charge in [-0.3, -0.25) is 4.79 Å². The molecule has 1 amide bonds.